The van der Waals surface area contributed by atoms with Crippen LogP contribution in [0.3, 0.4) is 0 Å². The van der Waals surface area contributed by atoms with Gasteiger partial charge in [-0.05, 0) is 38.6 Å². The van der Waals surface area contributed by atoms with Crippen LogP contribution in [0.5, 0.6) is 0 Å². The molecule has 0 aromatic heterocycles. The Kier molecular flexibility index (Phi) is 4.60. The van der Waals surface area contributed by atoms with E-state index < -0.39 is 0 Å². The molecule has 2 unspecified atom stereocenters. The quantitative estimate of drug-likeness (QED) is 0.757. The summed E-state index contributed by atoms with van der Waals surface area (Å²) >= 11 is 0. The van der Waals surface area contributed by atoms with Crippen molar-refractivity contribution in [2.75, 3.05) is 19.6 Å². The minimum Gasteiger partial charge on any atom is -0.338 e. The van der Waals surface area contributed by atoms with E-state index in [4.69, 9.17) is 0 Å². The lowest BCUT2D eigenvalue weighted by atomic mass is 9.92. The van der Waals surface area contributed by atoms with Gasteiger partial charge in [-0.25, -0.2) is 0 Å². The molecule has 1 saturated heterocycles. The fraction of sp³-hybridized carbons (Fsp3) is 0.786. The van der Waals surface area contributed by atoms with Crippen LogP contribution >= 0.6 is 0 Å². The monoisotopic (exact) mass is 236 g/mol. The van der Waals surface area contributed by atoms with Gasteiger partial charge in [0.05, 0.1) is 0 Å². The number of nitrogens with zero attached hydrogens (tertiary/aromatic N) is 1. The standard InChI is InChI=1S/C14H24N2O/c1-2-10-16(13-8-9-15-11-13)14(17)12-6-4-3-5-7-12/h3-4,12-13,15H,2,5-11H2,1H3. The van der Waals surface area contributed by atoms with E-state index in [0.29, 0.717) is 11.9 Å². The first-order valence-electron chi connectivity index (χ1n) is 6.99. The third kappa shape index (κ3) is 3.09. The summed E-state index contributed by atoms with van der Waals surface area (Å²) in [4.78, 5) is 14.7. The van der Waals surface area contributed by atoms with Crippen molar-refractivity contribution in [3.05, 3.63) is 12.2 Å². The molecule has 0 saturated carbocycles. The molecule has 2 aliphatic rings. The van der Waals surface area contributed by atoms with Crippen molar-refractivity contribution in [2.24, 2.45) is 5.92 Å². The summed E-state index contributed by atoms with van der Waals surface area (Å²) in [5.74, 6) is 0.636. The molecule has 1 fully saturated rings. The fourth-order valence-corrected chi connectivity index (χ4v) is 2.87. The van der Waals surface area contributed by atoms with Gasteiger partial charge < -0.3 is 10.2 Å². The van der Waals surface area contributed by atoms with Crippen molar-refractivity contribution in [3.8, 4) is 0 Å². The van der Waals surface area contributed by atoms with E-state index in [1.807, 2.05) is 0 Å². The maximum absolute atomic E-state index is 12.5. The second kappa shape index (κ2) is 6.20. The molecule has 1 N–H and O–H groups in total. The van der Waals surface area contributed by atoms with Crippen LogP contribution < -0.4 is 5.32 Å². The SMILES string of the molecule is CCCN(C(=O)C1CC=CCC1)C1CCNC1. The molecule has 0 aromatic rings. The van der Waals surface area contributed by atoms with Gasteiger partial charge in [-0.15, -0.1) is 0 Å². The summed E-state index contributed by atoms with van der Waals surface area (Å²) in [5.41, 5.74) is 0. The summed E-state index contributed by atoms with van der Waals surface area (Å²) in [7, 11) is 0. The number of hydrogen-bond donors (Lipinski definition) is 1. The zero-order chi connectivity index (χ0) is 12.1. The number of hydrogen-bond acceptors (Lipinski definition) is 2. The van der Waals surface area contributed by atoms with Crippen molar-refractivity contribution in [1.82, 2.24) is 10.2 Å². The lowest BCUT2D eigenvalue weighted by molar-refractivity contribution is -0.137. The van der Waals surface area contributed by atoms with Gasteiger partial charge in [0.25, 0.3) is 0 Å². The minimum atomic E-state index is 0.243. The Hall–Kier alpha value is -0.830. The van der Waals surface area contributed by atoms with Crippen LogP contribution in [-0.2, 0) is 4.79 Å². The number of nitrogens with one attached hydrogen (secondary N) is 1. The third-order valence-electron chi connectivity index (χ3n) is 3.84. The van der Waals surface area contributed by atoms with Crippen molar-refractivity contribution < 1.29 is 4.79 Å². The molecule has 3 nitrogen and oxygen atoms in total. The number of rotatable bonds is 4. The fourth-order valence-electron chi connectivity index (χ4n) is 2.87. The Labute approximate surface area is 104 Å². The number of carbonyl (C=O) groups is 1. The second-order valence-corrected chi connectivity index (χ2v) is 5.16. The van der Waals surface area contributed by atoms with Crippen LogP contribution in [0.15, 0.2) is 12.2 Å². The molecule has 1 amide bonds. The van der Waals surface area contributed by atoms with Gasteiger partial charge in [0.2, 0.25) is 5.91 Å². The minimum absolute atomic E-state index is 0.243. The Morgan fingerprint density at radius 3 is 2.88 bits per heavy atom. The molecular formula is C14H24N2O. The normalized spacial score (nSPS) is 28.3. The highest BCUT2D eigenvalue weighted by Crippen LogP contribution is 2.23. The van der Waals surface area contributed by atoms with Gasteiger partial charge in [-0.3, -0.25) is 4.79 Å². The third-order valence-corrected chi connectivity index (χ3v) is 3.84. The molecule has 2 atom stereocenters. The maximum atomic E-state index is 12.5. The number of carbonyl (C=O) groups excluding carboxylic acids is 1. The first-order valence-corrected chi connectivity index (χ1v) is 6.99. The van der Waals surface area contributed by atoms with E-state index in [0.717, 1.165) is 51.7 Å². The molecular weight excluding hydrogens is 212 g/mol. The van der Waals surface area contributed by atoms with Gasteiger partial charge in [0.15, 0.2) is 0 Å². The molecule has 1 aliphatic carbocycles. The molecule has 3 heteroatoms. The van der Waals surface area contributed by atoms with Crippen LogP contribution in [-0.4, -0.2) is 36.5 Å². The smallest absolute Gasteiger partial charge is 0.226 e. The van der Waals surface area contributed by atoms with E-state index >= 15 is 0 Å². The van der Waals surface area contributed by atoms with Crippen molar-refractivity contribution in [3.63, 3.8) is 0 Å². The lowest BCUT2D eigenvalue weighted by Gasteiger charge is -2.32. The largest absolute Gasteiger partial charge is 0.338 e. The summed E-state index contributed by atoms with van der Waals surface area (Å²) in [6, 6.07) is 0.438. The Balaban J connectivity index is 1.98. The molecule has 2 rings (SSSR count). The van der Waals surface area contributed by atoms with Crippen LogP contribution in [0.4, 0.5) is 0 Å². The Morgan fingerprint density at radius 1 is 1.41 bits per heavy atom. The lowest BCUT2D eigenvalue weighted by Crippen LogP contribution is -2.45. The first-order chi connectivity index (χ1) is 8.33. The van der Waals surface area contributed by atoms with Crippen molar-refractivity contribution >= 4 is 5.91 Å². The maximum Gasteiger partial charge on any atom is 0.226 e. The zero-order valence-electron chi connectivity index (χ0n) is 10.8. The highest BCUT2D eigenvalue weighted by atomic mass is 16.2. The predicted molar refractivity (Wildman–Crippen MR) is 69.8 cm³/mol. The predicted octanol–water partition coefficient (Wildman–Crippen LogP) is 1.94. The highest BCUT2D eigenvalue weighted by Gasteiger charge is 2.30. The second-order valence-electron chi connectivity index (χ2n) is 5.16. The van der Waals surface area contributed by atoms with E-state index in [1.54, 1.807) is 0 Å². The Bertz CT molecular complexity index is 282. The summed E-state index contributed by atoms with van der Waals surface area (Å²) in [5, 5.41) is 3.36. The number of allylic oxidation sites excluding steroid dienone is 2. The van der Waals surface area contributed by atoms with E-state index in [9.17, 15) is 4.79 Å². The van der Waals surface area contributed by atoms with Crippen LogP contribution in [0.1, 0.15) is 39.0 Å². The van der Waals surface area contributed by atoms with Crippen LogP contribution in [0.25, 0.3) is 0 Å². The van der Waals surface area contributed by atoms with E-state index in [1.165, 1.54) is 0 Å². The average molecular weight is 236 g/mol. The van der Waals surface area contributed by atoms with E-state index in [-0.39, 0.29) is 5.92 Å². The van der Waals surface area contributed by atoms with Crippen molar-refractivity contribution in [2.45, 2.75) is 45.1 Å². The molecule has 1 aliphatic heterocycles. The van der Waals surface area contributed by atoms with Gasteiger partial charge in [0, 0.05) is 25.0 Å². The first kappa shape index (κ1) is 12.6. The Morgan fingerprint density at radius 2 is 2.29 bits per heavy atom. The molecule has 0 aromatic carbocycles. The summed E-state index contributed by atoms with van der Waals surface area (Å²) in [6.45, 7) is 5.12. The van der Waals surface area contributed by atoms with Gasteiger partial charge in [0.1, 0.15) is 0 Å². The molecule has 1 heterocycles. The van der Waals surface area contributed by atoms with E-state index in [2.05, 4.69) is 29.3 Å². The molecule has 0 radical (unpaired) electrons. The topological polar surface area (TPSA) is 32.3 Å². The van der Waals surface area contributed by atoms with Gasteiger partial charge in [-0.2, -0.15) is 0 Å². The molecule has 0 spiro atoms. The average Bonchev–Trinajstić information content (AvgIpc) is 2.90. The molecule has 0 bridgehead atoms. The summed E-state index contributed by atoms with van der Waals surface area (Å²) in [6.07, 6.45) is 9.60. The van der Waals surface area contributed by atoms with Gasteiger partial charge in [-0.1, -0.05) is 19.1 Å². The zero-order valence-corrected chi connectivity index (χ0v) is 10.8. The van der Waals surface area contributed by atoms with Crippen molar-refractivity contribution in [1.29, 1.82) is 0 Å². The molecule has 96 valence electrons. The van der Waals surface area contributed by atoms with Crippen LogP contribution in [0.2, 0.25) is 0 Å². The number of amides is 1. The van der Waals surface area contributed by atoms with Crippen LogP contribution in [0, 0.1) is 5.92 Å². The molecule has 17 heavy (non-hydrogen) atoms. The highest BCUT2D eigenvalue weighted by molar-refractivity contribution is 5.79. The summed E-state index contributed by atoms with van der Waals surface area (Å²) < 4.78 is 0. The van der Waals surface area contributed by atoms with Gasteiger partial charge >= 0.3 is 0 Å².